The summed E-state index contributed by atoms with van der Waals surface area (Å²) in [6.45, 7) is 0. The summed E-state index contributed by atoms with van der Waals surface area (Å²) in [5.74, 6) is -1.70. The highest BCUT2D eigenvalue weighted by Crippen LogP contribution is 2.27. The first-order valence-electron chi connectivity index (χ1n) is 7.92. The Morgan fingerprint density at radius 1 is 1.04 bits per heavy atom. The molecule has 1 unspecified atom stereocenters. The fourth-order valence-electron chi connectivity index (χ4n) is 3.10. The first-order chi connectivity index (χ1) is 11.1. The van der Waals surface area contributed by atoms with Crippen molar-refractivity contribution in [2.75, 3.05) is 0 Å². The van der Waals surface area contributed by atoms with Gasteiger partial charge >= 0.3 is 0 Å². The molecule has 2 N–H and O–H groups in total. The van der Waals surface area contributed by atoms with Crippen molar-refractivity contribution in [3.63, 3.8) is 0 Å². The second-order valence-corrected chi connectivity index (χ2v) is 6.07. The maximum absolute atomic E-state index is 13.6. The number of hydrogen-bond donors (Lipinski definition) is 2. The standard InChI is InChI=1S/C18H20F2N2O/c19-16-8-3-12(10-17(16)20)18(13-2-1-9-21-11-13)22-14-4-6-15(23)7-5-14/h1-3,8-11,14-15,18,22-23H,4-7H2. The van der Waals surface area contributed by atoms with Gasteiger partial charge in [0.1, 0.15) is 0 Å². The molecule has 1 saturated carbocycles. The van der Waals surface area contributed by atoms with Crippen molar-refractivity contribution in [3.05, 3.63) is 65.5 Å². The smallest absolute Gasteiger partial charge is 0.159 e. The van der Waals surface area contributed by atoms with Crippen LogP contribution in [0.5, 0.6) is 0 Å². The van der Waals surface area contributed by atoms with E-state index in [1.54, 1.807) is 18.5 Å². The molecule has 1 atom stereocenters. The minimum Gasteiger partial charge on any atom is -0.393 e. The van der Waals surface area contributed by atoms with Gasteiger partial charge in [0, 0.05) is 18.4 Å². The van der Waals surface area contributed by atoms with E-state index in [0.717, 1.165) is 37.3 Å². The lowest BCUT2D eigenvalue weighted by Crippen LogP contribution is -2.37. The summed E-state index contributed by atoms with van der Waals surface area (Å²) in [6, 6.07) is 7.72. The predicted molar refractivity (Wildman–Crippen MR) is 83.8 cm³/mol. The van der Waals surface area contributed by atoms with Gasteiger partial charge in [-0.1, -0.05) is 12.1 Å². The Hall–Kier alpha value is -1.85. The summed E-state index contributed by atoms with van der Waals surface area (Å²) in [7, 11) is 0. The molecule has 0 radical (unpaired) electrons. The highest BCUT2D eigenvalue weighted by molar-refractivity contribution is 5.31. The van der Waals surface area contributed by atoms with Crippen LogP contribution in [0.3, 0.4) is 0 Å². The average molecular weight is 318 g/mol. The maximum Gasteiger partial charge on any atom is 0.159 e. The zero-order valence-corrected chi connectivity index (χ0v) is 12.8. The van der Waals surface area contributed by atoms with Crippen LogP contribution in [-0.2, 0) is 0 Å². The molecule has 0 aliphatic heterocycles. The van der Waals surface area contributed by atoms with Crippen LogP contribution in [-0.4, -0.2) is 22.2 Å². The lowest BCUT2D eigenvalue weighted by atomic mass is 9.90. The maximum atomic E-state index is 13.6. The van der Waals surface area contributed by atoms with Crippen molar-refractivity contribution in [2.24, 2.45) is 0 Å². The molecule has 122 valence electrons. The molecular weight excluding hydrogens is 298 g/mol. The molecule has 1 aliphatic rings. The van der Waals surface area contributed by atoms with Crippen molar-refractivity contribution >= 4 is 0 Å². The molecule has 0 spiro atoms. The summed E-state index contributed by atoms with van der Waals surface area (Å²) < 4.78 is 26.9. The van der Waals surface area contributed by atoms with Gasteiger partial charge in [-0.2, -0.15) is 0 Å². The van der Waals surface area contributed by atoms with Crippen LogP contribution in [0.1, 0.15) is 42.9 Å². The van der Waals surface area contributed by atoms with Gasteiger partial charge in [0.25, 0.3) is 0 Å². The quantitative estimate of drug-likeness (QED) is 0.909. The van der Waals surface area contributed by atoms with Gasteiger partial charge in [-0.3, -0.25) is 4.98 Å². The minimum atomic E-state index is -0.850. The summed E-state index contributed by atoms with van der Waals surface area (Å²) in [6.07, 6.45) is 6.43. The van der Waals surface area contributed by atoms with Gasteiger partial charge in [0.15, 0.2) is 11.6 Å². The molecule has 0 bridgehead atoms. The molecule has 23 heavy (non-hydrogen) atoms. The molecular formula is C18H20F2N2O. The molecule has 1 fully saturated rings. The Kier molecular flexibility index (Phi) is 4.98. The third-order valence-electron chi connectivity index (χ3n) is 4.39. The van der Waals surface area contributed by atoms with Crippen molar-refractivity contribution < 1.29 is 13.9 Å². The van der Waals surface area contributed by atoms with E-state index in [-0.39, 0.29) is 18.2 Å². The minimum absolute atomic E-state index is 0.229. The third kappa shape index (κ3) is 3.92. The molecule has 3 nitrogen and oxygen atoms in total. The number of halogens is 2. The number of rotatable bonds is 4. The Bertz CT molecular complexity index is 643. The van der Waals surface area contributed by atoms with Crippen LogP contribution in [0.15, 0.2) is 42.7 Å². The number of pyridine rings is 1. The van der Waals surface area contributed by atoms with E-state index in [2.05, 4.69) is 10.3 Å². The van der Waals surface area contributed by atoms with E-state index >= 15 is 0 Å². The summed E-state index contributed by atoms with van der Waals surface area (Å²) in [5, 5.41) is 13.1. The highest BCUT2D eigenvalue weighted by Gasteiger charge is 2.24. The van der Waals surface area contributed by atoms with E-state index in [1.165, 1.54) is 6.07 Å². The number of aliphatic hydroxyl groups excluding tert-OH is 1. The van der Waals surface area contributed by atoms with E-state index in [1.807, 2.05) is 12.1 Å². The zero-order chi connectivity index (χ0) is 16.2. The Morgan fingerprint density at radius 2 is 1.83 bits per heavy atom. The van der Waals surface area contributed by atoms with Gasteiger partial charge in [0.2, 0.25) is 0 Å². The second kappa shape index (κ2) is 7.15. The highest BCUT2D eigenvalue weighted by atomic mass is 19.2. The summed E-state index contributed by atoms with van der Waals surface area (Å²) in [5.41, 5.74) is 1.58. The van der Waals surface area contributed by atoms with E-state index in [4.69, 9.17) is 0 Å². The summed E-state index contributed by atoms with van der Waals surface area (Å²) in [4.78, 5) is 4.13. The number of nitrogens with one attached hydrogen (secondary N) is 1. The monoisotopic (exact) mass is 318 g/mol. The SMILES string of the molecule is OC1CCC(NC(c2cccnc2)c2ccc(F)c(F)c2)CC1. The van der Waals surface area contributed by atoms with Crippen LogP contribution >= 0.6 is 0 Å². The lowest BCUT2D eigenvalue weighted by Gasteiger charge is -2.31. The second-order valence-electron chi connectivity index (χ2n) is 6.07. The third-order valence-corrected chi connectivity index (χ3v) is 4.39. The van der Waals surface area contributed by atoms with Gasteiger partial charge < -0.3 is 10.4 Å². The lowest BCUT2D eigenvalue weighted by molar-refractivity contribution is 0.115. The number of aliphatic hydroxyl groups is 1. The topological polar surface area (TPSA) is 45.1 Å². The Balaban J connectivity index is 1.86. The molecule has 2 aromatic rings. The molecule has 1 aliphatic carbocycles. The fourth-order valence-corrected chi connectivity index (χ4v) is 3.10. The predicted octanol–water partition coefficient (Wildman–Crippen LogP) is 3.34. The van der Waals surface area contributed by atoms with E-state index in [0.29, 0.717) is 5.56 Å². The number of aromatic nitrogens is 1. The van der Waals surface area contributed by atoms with Crippen LogP contribution in [0.2, 0.25) is 0 Å². The van der Waals surface area contributed by atoms with Crippen LogP contribution in [0.4, 0.5) is 8.78 Å². The normalized spacial score (nSPS) is 22.7. The molecule has 1 heterocycles. The van der Waals surface area contributed by atoms with Crippen LogP contribution in [0.25, 0.3) is 0 Å². The summed E-state index contributed by atoms with van der Waals surface area (Å²) >= 11 is 0. The van der Waals surface area contributed by atoms with Gasteiger partial charge in [0.05, 0.1) is 12.1 Å². The van der Waals surface area contributed by atoms with Crippen molar-refractivity contribution in [2.45, 2.75) is 43.9 Å². The molecule has 3 rings (SSSR count). The number of nitrogens with zero attached hydrogens (tertiary/aromatic N) is 1. The van der Waals surface area contributed by atoms with Crippen molar-refractivity contribution in [1.82, 2.24) is 10.3 Å². The Labute approximate surface area is 134 Å². The average Bonchev–Trinajstić information content (AvgIpc) is 2.58. The van der Waals surface area contributed by atoms with E-state index < -0.39 is 11.6 Å². The number of benzene rings is 1. The van der Waals surface area contributed by atoms with Gasteiger partial charge in [-0.25, -0.2) is 8.78 Å². The van der Waals surface area contributed by atoms with Crippen molar-refractivity contribution in [3.8, 4) is 0 Å². The first-order valence-corrected chi connectivity index (χ1v) is 7.92. The van der Waals surface area contributed by atoms with Crippen molar-refractivity contribution in [1.29, 1.82) is 0 Å². The number of hydrogen-bond acceptors (Lipinski definition) is 3. The Morgan fingerprint density at radius 3 is 2.48 bits per heavy atom. The molecule has 5 heteroatoms. The molecule has 0 saturated heterocycles. The zero-order valence-electron chi connectivity index (χ0n) is 12.8. The largest absolute Gasteiger partial charge is 0.393 e. The molecule has 1 aromatic heterocycles. The van der Waals surface area contributed by atoms with Gasteiger partial charge in [-0.05, 0) is 55.0 Å². The molecule has 1 aromatic carbocycles. The van der Waals surface area contributed by atoms with E-state index in [9.17, 15) is 13.9 Å². The molecule has 0 amide bonds. The van der Waals surface area contributed by atoms with Crippen LogP contribution < -0.4 is 5.32 Å². The fraction of sp³-hybridized carbons (Fsp3) is 0.389. The first kappa shape index (κ1) is 16.0. The van der Waals surface area contributed by atoms with Crippen LogP contribution in [0, 0.1) is 11.6 Å². The van der Waals surface area contributed by atoms with Gasteiger partial charge in [-0.15, -0.1) is 0 Å².